The van der Waals surface area contributed by atoms with E-state index in [-0.39, 0.29) is 23.1 Å². The van der Waals surface area contributed by atoms with Crippen LogP contribution in [-0.2, 0) is 4.79 Å². The van der Waals surface area contributed by atoms with E-state index in [1.54, 1.807) is 30.9 Å². The van der Waals surface area contributed by atoms with Crippen molar-refractivity contribution in [2.24, 2.45) is 0 Å². The number of hydrogen-bond acceptors (Lipinski definition) is 5. The Kier molecular flexibility index (Phi) is 5.74. The number of aliphatic hydroxyl groups excluding tert-OH is 1. The second-order valence-corrected chi connectivity index (χ2v) is 7.59. The van der Waals surface area contributed by atoms with E-state index in [1.807, 2.05) is 55.5 Å². The molecule has 3 rings (SSSR count). The molecular weight excluding hydrogens is 350 g/mol. The molecule has 2 aromatic carbocycles. The van der Waals surface area contributed by atoms with Crippen LogP contribution < -0.4 is 9.47 Å². The van der Waals surface area contributed by atoms with Gasteiger partial charge in [-0.1, -0.05) is 36.4 Å². The van der Waals surface area contributed by atoms with Gasteiger partial charge in [-0.05, 0) is 30.2 Å². The molecule has 0 radical (unpaired) electrons. The van der Waals surface area contributed by atoms with Gasteiger partial charge in [0.1, 0.15) is 5.37 Å². The highest BCUT2D eigenvalue weighted by molar-refractivity contribution is 8.01. The van der Waals surface area contributed by atoms with Crippen LogP contribution in [0.25, 0.3) is 0 Å². The highest BCUT2D eigenvalue weighted by Crippen LogP contribution is 2.45. The lowest BCUT2D eigenvalue weighted by Gasteiger charge is -2.27. The maximum atomic E-state index is 12.7. The first-order chi connectivity index (χ1) is 12.5. The summed E-state index contributed by atoms with van der Waals surface area (Å²) in [7, 11) is 3.18. The van der Waals surface area contributed by atoms with Gasteiger partial charge in [0.05, 0.1) is 32.1 Å². The summed E-state index contributed by atoms with van der Waals surface area (Å²) in [5, 5.41) is 10.3. The zero-order valence-corrected chi connectivity index (χ0v) is 15.9. The number of nitrogens with zero attached hydrogens (tertiary/aromatic N) is 1. The summed E-state index contributed by atoms with van der Waals surface area (Å²) in [6.07, 6.45) is -0.728. The van der Waals surface area contributed by atoms with Gasteiger partial charge in [0.15, 0.2) is 11.5 Å². The Hall–Kier alpha value is -2.18. The Labute approximate surface area is 157 Å². The number of hydrogen-bond donors (Lipinski definition) is 1. The molecule has 0 spiro atoms. The molecule has 0 saturated carbocycles. The second-order valence-electron chi connectivity index (χ2n) is 6.16. The van der Waals surface area contributed by atoms with Crippen LogP contribution in [-0.4, -0.2) is 41.9 Å². The van der Waals surface area contributed by atoms with Crippen LogP contribution >= 0.6 is 11.8 Å². The number of thioether (sulfide) groups is 1. The number of carbonyl (C=O) groups excluding carboxylic acids is 1. The van der Waals surface area contributed by atoms with Crippen LogP contribution in [0, 0.1) is 0 Å². The van der Waals surface area contributed by atoms with Gasteiger partial charge in [0.2, 0.25) is 5.91 Å². The van der Waals surface area contributed by atoms with E-state index in [9.17, 15) is 9.90 Å². The fraction of sp³-hybridized carbons (Fsp3) is 0.350. The van der Waals surface area contributed by atoms with Gasteiger partial charge in [0.25, 0.3) is 0 Å². The zero-order chi connectivity index (χ0) is 18.7. The van der Waals surface area contributed by atoms with Crippen molar-refractivity contribution >= 4 is 17.7 Å². The van der Waals surface area contributed by atoms with Crippen molar-refractivity contribution in [2.45, 2.75) is 23.7 Å². The minimum atomic E-state index is -0.728. The molecule has 1 amide bonds. The van der Waals surface area contributed by atoms with Crippen LogP contribution in [0.5, 0.6) is 11.5 Å². The molecule has 1 saturated heterocycles. The largest absolute Gasteiger partial charge is 0.493 e. The molecule has 1 heterocycles. The molecular formula is C20H23NO4S. The highest BCUT2D eigenvalue weighted by atomic mass is 32.2. The Bertz CT molecular complexity index is 768. The van der Waals surface area contributed by atoms with Gasteiger partial charge >= 0.3 is 0 Å². The molecule has 2 aromatic rings. The standard InChI is InChI=1S/C20H23NO4S/c1-13-19(23)21(12-16(22)14-7-5-4-6-8-14)20(26-13)15-9-10-17(24-2)18(11-15)25-3/h4-11,13,16,20,22H,12H2,1-3H3/t13-,16-,20-/m0/s1. The number of ether oxygens (including phenoxy) is 2. The minimum absolute atomic E-state index is 0.0322. The van der Waals surface area contributed by atoms with Crippen molar-refractivity contribution in [3.05, 3.63) is 59.7 Å². The second kappa shape index (κ2) is 8.01. The highest BCUT2D eigenvalue weighted by Gasteiger charge is 2.39. The van der Waals surface area contributed by atoms with Crippen molar-refractivity contribution in [2.75, 3.05) is 20.8 Å². The predicted octanol–water partition coefficient (Wildman–Crippen LogP) is 3.40. The number of methoxy groups -OCH3 is 2. The molecule has 6 heteroatoms. The van der Waals surface area contributed by atoms with Crippen LogP contribution in [0.15, 0.2) is 48.5 Å². The number of β-amino-alcohol motifs (C(OH)–C–C–N with tert-alkyl or cyclic N) is 1. The summed E-state index contributed by atoms with van der Waals surface area (Å²) >= 11 is 1.57. The first-order valence-corrected chi connectivity index (χ1v) is 9.40. The Morgan fingerprint density at radius 1 is 1.12 bits per heavy atom. The van der Waals surface area contributed by atoms with E-state index in [0.717, 1.165) is 11.1 Å². The van der Waals surface area contributed by atoms with Gasteiger partial charge in [-0.3, -0.25) is 4.79 Å². The monoisotopic (exact) mass is 373 g/mol. The molecule has 0 aliphatic carbocycles. The molecule has 1 fully saturated rings. The SMILES string of the molecule is COc1ccc([C@@H]2S[C@@H](C)C(=O)N2C[C@H](O)c2ccccc2)cc1OC. The number of carbonyl (C=O) groups is 1. The van der Waals surface area contributed by atoms with Crippen molar-refractivity contribution in [3.8, 4) is 11.5 Å². The average molecular weight is 373 g/mol. The van der Waals surface area contributed by atoms with Crippen molar-refractivity contribution in [1.82, 2.24) is 4.90 Å². The fourth-order valence-electron chi connectivity index (χ4n) is 3.09. The summed E-state index contributed by atoms with van der Waals surface area (Å²) in [5.74, 6) is 1.31. The first kappa shape index (κ1) is 18.6. The zero-order valence-electron chi connectivity index (χ0n) is 15.1. The Morgan fingerprint density at radius 2 is 1.81 bits per heavy atom. The van der Waals surface area contributed by atoms with E-state index in [0.29, 0.717) is 11.5 Å². The number of aliphatic hydroxyl groups is 1. The summed E-state index contributed by atoms with van der Waals surface area (Å²) in [5.41, 5.74) is 1.75. The van der Waals surface area contributed by atoms with Gasteiger partial charge in [-0.15, -0.1) is 11.8 Å². The molecule has 1 N–H and O–H groups in total. The van der Waals surface area contributed by atoms with E-state index in [4.69, 9.17) is 9.47 Å². The van der Waals surface area contributed by atoms with Gasteiger partial charge < -0.3 is 19.5 Å². The van der Waals surface area contributed by atoms with E-state index in [1.165, 1.54) is 0 Å². The van der Waals surface area contributed by atoms with Crippen molar-refractivity contribution in [3.63, 3.8) is 0 Å². The topological polar surface area (TPSA) is 59.0 Å². The normalized spacial score (nSPS) is 20.9. The van der Waals surface area contributed by atoms with Crippen LogP contribution in [0.2, 0.25) is 0 Å². The van der Waals surface area contributed by atoms with Gasteiger partial charge in [0, 0.05) is 0 Å². The maximum absolute atomic E-state index is 12.7. The summed E-state index contributed by atoms with van der Waals surface area (Å²) < 4.78 is 10.7. The molecule has 5 nitrogen and oxygen atoms in total. The molecule has 0 unspecified atom stereocenters. The lowest BCUT2D eigenvalue weighted by molar-refractivity contribution is -0.131. The number of rotatable bonds is 6. The molecule has 0 aromatic heterocycles. The molecule has 3 atom stereocenters. The third-order valence-corrected chi connectivity index (χ3v) is 5.89. The van der Waals surface area contributed by atoms with Crippen molar-refractivity contribution < 1.29 is 19.4 Å². The third-order valence-electron chi connectivity index (χ3n) is 4.49. The Balaban J connectivity index is 1.87. The van der Waals surface area contributed by atoms with E-state index in [2.05, 4.69) is 0 Å². The quantitative estimate of drug-likeness (QED) is 0.841. The summed E-state index contributed by atoms with van der Waals surface area (Å²) in [4.78, 5) is 14.4. The predicted molar refractivity (Wildman–Crippen MR) is 102 cm³/mol. The smallest absolute Gasteiger partial charge is 0.236 e. The molecule has 26 heavy (non-hydrogen) atoms. The van der Waals surface area contributed by atoms with Gasteiger partial charge in [-0.25, -0.2) is 0 Å². The summed E-state index contributed by atoms with van der Waals surface area (Å²) in [6.45, 7) is 2.15. The third kappa shape index (κ3) is 3.66. The molecule has 1 aliphatic rings. The fourth-order valence-corrected chi connectivity index (χ4v) is 4.37. The molecule has 1 aliphatic heterocycles. The number of amides is 1. The lowest BCUT2D eigenvalue weighted by atomic mass is 10.1. The maximum Gasteiger partial charge on any atom is 0.236 e. The Morgan fingerprint density at radius 3 is 2.46 bits per heavy atom. The minimum Gasteiger partial charge on any atom is -0.493 e. The van der Waals surface area contributed by atoms with Crippen LogP contribution in [0.4, 0.5) is 0 Å². The van der Waals surface area contributed by atoms with E-state index < -0.39 is 6.10 Å². The lowest BCUT2D eigenvalue weighted by Crippen LogP contribution is -2.34. The summed E-state index contributed by atoms with van der Waals surface area (Å²) in [6, 6.07) is 15.1. The van der Waals surface area contributed by atoms with Crippen LogP contribution in [0.1, 0.15) is 29.5 Å². The van der Waals surface area contributed by atoms with Gasteiger partial charge in [-0.2, -0.15) is 0 Å². The molecule has 138 valence electrons. The van der Waals surface area contributed by atoms with E-state index >= 15 is 0 Å². The average Bonchev–Trinajstić information content (AvgIpc) is 2.96. The number of benzene rings is 2. The van der Waals surface area contributed by atoms with Crippen molar-refractivity contribution in [1.29, 1.82) is 0 Å². The molecule has 0 bridgehead atoms. The van der Waals surface area contributed by atoms with Crippen LogP contribution in [0.3, 0.4) is 0 Å². The first-order valence-electron chi connectivity index (χ1n) is 8.46.